The highest BCUT2D eigenvalue weighted by molar-refractivity contribution is 5.78. The van der Waals surface area contributed by atoms with E-state index in [1.54, 1.807) is 18.6 Å². The fourth-order valence-corrected chi connectivity index (χ4v) is 3.52. The van der Waals surface area contributed by atoms with Gasteiger partial charge < -0.3 is 9.47 Å². The van der Waals surface area contributed by atoms with Crippen molar-refractivity contribution in [1.29, 1.82) is 0 Å². The second-order valence-electron chi connectivity index (χ2n) is 6.85. The second kappa shape index (κ2) is 8.76. The number of aromatic nitrogens is 3. The van der Waals surface area contributed by atoms with Crippen LogP contribution in [0.1, 0.15) is 31.2 Å². The van der Waals surface area contributed by atoms with Crippen LogP contribution in [0.2, 0.25) is 0 Å². The van der Waals surface area contributed by atoms with Crippen LogP contribution in [0.25, 0.3) is 0 Å². The van der Waals surface area contributed by atoms with Crippen molar-refractivity contribution in [1.82, 2.24) is 24.3 Å². The van der Waals surface area contributed by atoms with Crippen LogP contribution >= 0.6 is 0 Å². The Morgan fingerprint density at radius 3 is 2.84 bits per heavy atom. The lowest BCUT2D eigenvalue weighted by Crippen LogP contribution is -2.47. The predicted molar refractivity (Wildman–Crippen MR) is 96.8 cm³/mol. The van der Waals surface area contributed by atoms with Gasteiger partial charge in [-0.05, 0) is 50.4 Å². The average molecular weight is 341 g/mol. The first-order chi connectivity index (χ1) is 12.2. The van der Waals surface area contributed by atoms with Gasteiger partial charge in [-0.2, -0.15) is 0 Å². The minimum absolute atomic E-state index is 0.242. The maximum absolute atomic E-state index is 12.8. The number of piperidine rings is 1. The van der Waals surface area contributed by atoms with Crippen molar-refractivity contribution in [2.24, 2.45) is 0 Å². The summed E-state index contributed by atoms with van der Waals surface area (Å²) in [6, 6.07) is 4.34. The van der Waals surface area contributed by atoms with Crippen LogP contribution in [0.4, 0.5) is 0 Å². The zero-order valence-electron chi connectivity index (χ0n) is 14.9. The van der Waals surface area contributed by atoms with E-state index in [0.29, 0.717) is 12.6 Å². The summed E-state index contributed by atoms with van der Waals surface area (Å²) in [6.07, 6.45) is 13.6. The third-order valence-electron chi connectivity index (χ3n) is 4.83. The zero-order valence-corrected chi connectivity index (χ0v) is 14.9. The number of hydrogen-bond acceptors (Lipinski definition) is 4. The fourth-order valence-electron chi connectivity index (χ4n) is 3.52. The van der Waals surface area contributed by atoms with Crippen LogP contribution in [0, 0.1) is 0 Å². The molecular formula is C19H27N5O. The fraction of sp³-hybridized carbons (Fsp3) is 0.526. The predicted octanol–water partition coefficient (Wildman–Crippen LogP) is 2.18. The lowest BCUT2D eigenvalue weighted by atomic mass is 9.99. The Morgan fingerprint density at radius 1 is 1.24 bits per heavy atom. The molecule has 0 saturated carbocycles. The molecule has 1 amide bonds. The molecule has 0 bridgehead atoms. The minimum Gasteiger partial charge on any atom is -0.339 e. The molecule has 25 heavy (non-hydrogen) atoms. The molecule has 6 nitrogen and oxygen atoms in total. The Bertz CT molecular complexity index is 643. The van der Waals surface area contributed by atoms with Crippen LogP contribution in [0.3, 0.4) is 0 Å². The Morgan fingerprint density at radius 2 is 2.08 bits per heavy atom. The van der Waals surface area contributed by atoms with Crippen LogP contribution in [0.5, 0.6) is 0 Å². The second-order valence-corrected chi connectivity index (χ2v) is 6.85. The first-order valence-corrected chi connectivity index (χ1v) is 9.05. The van der Waals surface area contributed by atoms with Gasteiger partial charge in [-0.15, -0.1) is 0 Å². The van der Waals surface area contributed by atoms with Gasteiger partial charge in [0.25, 0.3) is 0 Å². The number of hydrogen-bond donors (Lipinski definition) is 0. The molecule has 1 saturated heterocycles. The third kappa shape index (κ3) is 5.13. The Hall–Kier alpha value is -2.21. The summed E-state index contributed by atoms with van der Waals surface area (Å²) in [4.78, 5) is 25.1. The molecule has 0 aromatic carbocycles. The highest BCUT2D eigenvalue weighted by Crippen LogP contribution is 2.21. The number of rotatable bonds is 7. The van der Waals surface area contributed by atoms with Crippen molar-refractivity contribution in [3.05, 3.63) is 48.8 Å². The molecule has 0 radical (unpaired) electrons. The van der Waals surface area contributed by atoms with Crippen molar-refractivity contribution >= 4 is 5.91 Å². The van der Waals surface area contributed by atoms with E-state index in [-0.39, 0.29) is 5.91 Å². The van der Waals surface area contributed by atoms with Crippen LogP contribution in [-0.4, -0.2) is 56.4 Å². The molecule has 1 aliphatic rings. The van der Waals surface area contributed by atoms with Gasteiger partial charge in [0.05, 0.1) is 12.9 Å². The average Bonchev–Trinajstić information content (AvgIpc) is 3.14. The van der Waals surface area contributed by atoms with Gasteiger partial charge >= 0.3 is 0 Å². The summed E-state index contributed by atoms with van der Waals surface area (Å²) in [6.45, 7) is 3.03. The standard InChI is InChI=1S/C19H27N5O/c1-22(14-17-5-8-20-9-6-17)15-19(25)24-11-3-2-4-18(24)7-12-23-13-10-21-16-23/h5-6,8-10,13,16,18H,2-4,7,11-12,14-15H2,1H3. The Balaban J connectivity index is 1.52. The summed E-state index contributed by atoms with van der Waals surface area (Å²) in [7, 11) is 2.00. The SMILES string of the molecule is CN(CC(=O)N1CCCCC1CCn1ccnc1)Cc1ccncc1. The molecule has 2 aromatic rings. The summed E-state index contributed by atoms with van der Waals surface area (Å²) < 4.78 is 2.09. The van der Waals surface area contributed by atoms with E-state index in [4.69, 9.17) is 0 Å². The quantitative estimate of drug-likeness (QED) is 0.775. The minimum atomic E-state index is 0.242. The lowest BCUT2D eigenvalue weighted by molar-refractivity contribution is -0.136. The van der Waals surface area contributed by atoms with Gasteiger partial charge in [-0.3, -0.25) is 14.7 Å². The van der Waals surface area contributed by atoms with E-state index in [0.717, 1.165) is 38.9 Å². The molecule has 0 spiro atoms. The number of carbonyl (C=O) groups excluding carboxylic acids is 1. The van der Waals surface area contributed by atoms with E-state index in [9.17, 15) is 4.79 Å². The monoisotopic (exact) mass is 341 g/mol. The summed E-state index contributed by atoms with van der Waals surface area (Å²) in [5, 5.41) is 0. The number of carbonyl (C=O) groups is 1. The third-order valence-corrected chi connectivity index (χ3v) is 4.83. The van der Waals surface area contributed by atoms with Gasteiger partial charge in [0.2, 0.25) is 5.91 Å². The molecule has 134 valence electrons. The van der Waals surface area contributed by atoms with E-state index in [1.165, 1.54) is 12.0 Å². The van der Waals surface area contributed by atoms with Gasteiger partial charge in [0.15, 0.2) is 0 Å². The molecule has 1 atom stereocenters. The molecule has 1 unspecified atom stereocenters. The molecule has 1 fully saturated rings. The van der Waals surface area contributed by atoms with E-state index in [1.807, 2.05) is 31.7 Å². The topological polar surface area (TPSA) is 54.3 Å². The van der Waals surface area contributed by atoms with Crippen molar-refractivity contribution in [2.45, 2.75) is 44.8 Å². The van der Waals surface area contributed by atoms with Crippen LogP contribution in [0.15, 0.2) is 43.2 Å². The van der Waals surface area contributed by atoms with Crippen molar-refractivity contribution in [3.63, 3.8) is 0 Å². The summed E-state index contributed by atoms with van der Waals surface area (Å²) >= 11 is 0. The maximum Gasteiger partial charge on any atom is 0.236 e. The normalized spacial score (nSPS) is 17.8. The highest BCUT2D eigenvalue weighted by Gasteiger charge is 2.26. The van der Waals surface area contributed by atoms with Crippen molar-refractivity contribution in [2.75, 3.05) is 20.1 Å². The van der Waals surface area contributed by atoms with E-state index in [2.05, 4.69) is 24.3 Å². The number of amides is 1. The molecular weight excluding hydrogens is 314 g/mol. The van der Waals surface area contributed by atoms with Crippen molar-refractivity contribution in [3.8, 4) is 0 Å². The smallest absolute Gasteiger partial charge is 0.236 e. The molecule has 3 heterocycles. The Kier molecular flexibility index (Phi) is 6.17. The largest absolute Gasteiger partial charge is 0.339 e. The zero-order chi connectivity index (χ0) is 17.5. The van der Waals surface area contributed by atoms with Crippen molar-refractivity contribution < 1.29 is 4.79 Å². The number of nitrogens with zero attached hydrogens (tertiary/aromatic N) is 5. The first kappa shape index (κ1) is 17.6. The number of aryl methyl sites for hydroxylation is 1. The number of pyridine rings is 1. The molecule has 1 aliphatic heterocycles. The van der Waals surface area contributed by atoms with Gasteiger partial charge in [0, 0.05) is 50.5 Å². The van der Waals surface area contributed by atoms with Gasteiger partial charge in [0.1, 0.15) is 0 Å². The Labute approximate surface area is 149 Å². The lowest BCUT2D eigenvalue weighted by Gasteiger charge is -2.37. The number of imidazole rings is 1. The maximum atomic E-state index is 12.8. The first-order valence-electron chi connectivity index (χ1n) is 9.05. The van der Waals surface area contributed by atoms with Gasteiger partial charge in [-0.25, -0.2) is 4.98 Å². The number of likely N-dealkylation sites (tertiary alicyclic amines) is 1. The molecule has 0 N–H and O–H groups in total. The van der Waals surface area contributed by atoms with E-state index >= 15 is 0 Å². The molecule has 2 aromatic heterocycles. The van der Waals surface area contributed by atoms with Gasteiger partial charge in [-0.1, -0.05) is 0 Å². The summed E-state index contributed by atoms with van der Waals surface area (Å²) in [5.74, 6) is 0.242. The molecule has 3 rings (SSSR count). The summed E-state index contributed by atoms with van der Waals surface area (Å²) in [5.41, 5.74) is 1.18. The van der Waals surface area contributed by atoms with Crippen LogP contribution in [-0.2, 0) is 17.9 Å². The van der Waals surface area contributed by atoms with E-state index < -0.39 is 0 Å². The van der Waals surface area contributed by atoms with Crippen LogP contribution < -0.4 is 0 Å². The molecule has 0 aliphatic carbocycles. The molecule has 6 heteroatoms. The highest BCUT2D eigenvalue weighted by atomic mass is 16.2. The number of likely N-dealkylation sites (N-methyl/N-ethyl adjacent to an activating group) is 1.